The predicted octanol–water partition coefficient (Wildman–Crippen LogP) is 1.78. The molecule has 0 spiro atoms. The fourth-order valence-corrected chi connectivity index (χ4v) is 4.42. The molecule has 3 N–H and O–H groups in total. The van der Waals surface area contributed by atoms with Gasteiger partial charge in [0.2, 0.25) is 0 Å². The summed E-state index contributed by atoms with van der Waals surface area (Å²) in [6, 6.07) is -0.0384. The van der Waals surface area contributed by atoms with E-state index in [4.69, 9.17) is 5.73 Å². The number of halogens is 3. The van der Waals surface area contributed by atoms with E-state index in [9.17, 15) is 18.4 Å². The highest BCUT2D eigenvalue weighted by molar-refractivity contribution is 5.90. The van der Waals surface area contributed by atoms with Gasteiger partial charge in [0.05, 0.1) is 22.7 Å². The zero-order valence-electron chi connectivity index (χ0n) is 16.2. The lowest BCUT2D eigenvalue weighted by Crippen LogP contribution is -2.32. The van der Waals surface area contributed by atoms with E-state index in [-0.39, 0.29) is 48.2 Å². The molecule has 1 aromatic carbocycles. The Balaban J connectivity index is 1.91. The third-order valence-corrected chi connectivity index (χ3v) is 5.96. The van der Waals surface area contributed by atoms with Gasteiger partial charge in [-0.25, -0.2) is 9.18 Å². The van der Waals surface area contributed by atoms with Crippen molar-refractivity contribution < 1.29 is 17.9 Å². The van der Waals surface area contributed by atoms with Crippen LogP contribution in [0.15, 0.2) is 9.59 Å². The Morgan fingerprint density at radius 3 is 2.48 bits per heavy atom. The lowest BCUT2D eigenvalue weighted by molar-refractivity contribution is -0.165. The SMILES string of the molecule is Cc1c(F)c(N2CC(CN)C(OC(F)F)C2)c(C)c2c1c(=O)[nH]c(=O)n2C1CC1. The number of anilines is 1. The molecule has 1 aliphatic heterocycles. The molecule has 7 nitrogen and oxygen atoms in total. The maximum absolute atomic E-state index is 15.4. The van der Waals surface area contributed by atoms with E-state index in [1.807, 2.05) is 0 Å². The second kappa shape index (κ2) is 7.17. The average molecular weight is 412 g/mol. The average Bonchev–Trinajstić information content (AvgIpc) is 3.40. The number of hydrogen-bond acceptors (Lipinski definition) is 5. The van der Waals surface area contributed by atoms with Gasteiger partial charge in [-0.15, -0.1) is 0 Å². The smallest absolute Gasteiger partial charge is 0.345 e. The topological polar surface area (TPSA) is 93.3 Å². The minimum absolute atomic E-state index is 0.0384. The molecule has 2 aliphatic rings. The Morgan fingerprint density at radius 2 is 1.90 bits per heavy atom. The second-order valence-corrected chi connectivity index (χ2v) is 7.83. The van der Waals surface area contributed by atoms with Crippen molar-refractivity contribution in [2.75, 3.05) is 24.5 Å². The molecule has 1 saturated carbocycles. The number of nitrogens with one attached hydrogen (secondary N) is 1. The number of nitrogens with two attached hydrogens (primary N) is 1. The summed E-state index contributed by atoms with van der Waals surface area (Å²) in [5.41, 5.74) is 5.72. The van der Waals surface area contributed by atoms with Crippen LogP contribution in [0.4, 0.5) is 18.9 Å². The van der Waals surface area contributed by atoms with Crippen molar-refractivity contribution >= 4 is 16.6 Å². The highest BCUT2D eigenvalue weighted by Crippen LogP contribution is 2.40. The van der Waals surface area contributed by atoms with E-state index < -0.39 is 29.8 Å². The summed E-state index contributed by atoms with van der Waals surface area (Å²) >= 11 is 0. The Labute approximate surface area is 164 Å². The van der Waals surface area contributed by atoms with Crippen LogP contribution in [0.3, 0.4) is 0 Å². The molecule has 4 rings (SSSR count). The normalized spacial score (nSPS) is 22.2. The number of alkyl halides is 2. The molecule has 1 aromatic heterocycles. The van der Waals surface area contributed by atoms with E-state index in [1.54, 1.807) is 11.8 Å². The highest BCUT2D eigenvalue weighted by atomic mass is 19.3. The Morgan fingerprint density at radius 1 is 1.21 bits per heavy atom. The summed E-state index contributed by atoms with van der Waals surface area (Å²) in [5.74, 6) is -0.987. The van der Waals surface area contributed by atoms with Gasteiger partial charge < -0.3 is 15.4 Å². The first-order valence-corrected chi connectivity index (χ1v) is 9.60. The molecule has 1 aliphatic carbocycles. The van der Waals surface area contributed by atoms with Gasteiger partial charge in [-0.1, -0.05) is 0 Å². The summed E-state index contributed by atoms with van der Waals surface area (Å²) in [4.78, 5) is 28.8. The molecule has 10 heteroatoms. The fraction of sp³-hybridized carbons (Fsp3) is 0.579. The van der Waals surface area contributed by atoms with Crippen LogP contribution in [0.25, 0.3) is 10.9 Å². The van der Waals surface area contributed by atoms with Gasteiger partial charge in [-0.05, 0) is 33.2 Å². The molecule has 1 saturated heterocycles. The molecule has 2 atom stereocenters. The number of hydrogen-bond donors (Lipinski definition) is 2. The first kappa shape index (κ1) is 20.0. The van der Waals surface area contributed by atoms with Crippen molar-refractivity contribution in [3.63, 3.8) is 0 Å². The van der Waals surface area contributed by atoms with Crippen LogP contribution in [-0.2, 0) is 4.74 Å². The maximum atomic E-state index is 15.4. The minimum atomic E-state index is -2.95. The molecule has 29 heavy (non-hydrogen) atoms. The summed E-state index contributed by atoms with van der Waals surface area (Å²) in [6.07, 6.45) is 0.769. The first-order chi connectivity index (χ1) is 13.7. The van der Waals surface area contributed by atoms with E-state index in [0.717, 1.165) is 12.8 Å². The number of H-pyrrole nitrogens is 1. The molecular formula is C19H23F3N4O3. The van der Waals surface area contributed by atoms with Crippen LogP contribution >= 0.6 is 0 Å². The summed E-state index contributed by atoms with van der Waals surface area (Å²) in [6.45, 7) is 0.599. The molecule has 2 unspecified atom stereocenters. The van der Waals surface area contributed by atoms with Crippen LogP contribution in [0, 0.1) is 25.6 Å². The first-order valence-electron chi connectivity index (χ1n) is 9.60. The third kappa shape index (κ3) is 3.24. The molecule has 2 aromatic rings. The summed E-state index contributed by atoms with van der Waals surface area (Å²) < 4.78 is 47.1. The largest absolute Gasteiger partial charge is 0.366 e. The quantitative estimate of drug-likeness (QED) is 0.781. The second-order valence-electron chi connectivity index (χ2n) is 7.83. The van der Waals surface area contributed by atoms with Gasteiger partial charge >= 0.3 is 12.3 Å². The van der Waals surface area contributed by atoms with Gasteiger partial charge in [0.15, 0.2) is 5.82 Å². The van der Waals surface area contributed by atoms with Crippen molar-refractivity contribution in [2.24, 2.45) is 11.7 Å². The lowest BCUT2D eigenvalue weighted by Gasteiger charge is -2.25. The standard InChI is InChI=1S/C19H23F3N4O3/c1-8-13-15(26(11-3-4-11)19(28)24-17(13)27)9(2)16(14(8)20)25-6-10(5-23)12(7-25)29-18(21)22/h10-12,18H,3-7,23H2,1-2H3,(H,24,27,28). The monoisotopic (exact) mass is 412 g/mol. The van der Waals surface area contributed by atoms with Crippen molar-refractivity contribution in [3.05, 3.63) is 37.8 Å². The lowest BCUT2D eigenvalue weighted by atomic mass is 10.0. The van der Waals surface area contributed by atoms with Crippen molar-refractivity contribution in [3.8, 4) is 0 Å². The predicted molar refractivity (Wildman–Crippen MR) is 102 cm³/mol. The van der Waals surface area contributed by atoms with E-state index in [0.29, 0.717) is 11.1 Å². The number of fused-ring (bicyclic) bond motifs is 1. The van der Waals surface area contributed by atoms with Crippen LogP contribution in [0.2, 0.25) is 0 Å². The van der Waals surface area contributed by atoms with E-state index in [1.165, 1.54) is 11.5 Å². The van der Waals surface area contributed by atoms with Crippen molar-refractivity contribution in [1.29, 1.82) is 0 Å². The van der Waals surface area contributed by atoms with Gasteiger partial charge in [0, 0.05) is 36.2 Å². The molecule has 0 radical (unpaired) electrons. The molecule has 0 amide bonds. The van der Waals surface area contributed by atoms with E-state index in [2.05, 4.69) is 9.72 Å². The maximum Gasteiger partial charge on any atom is 0.345 e. The van der Waals surface area contributed by atoms with Crippen molar-refractivity contribution in [2.45, 2.75) is 45.4 Å². The number of benzene rings is 1. The Kier molecular flexibility index (Phi) is 4.94. The van der Waals surface area contributed by atoms with Crippen LogP contribution in [0.5, 0.6) is 0 Å². The van der Waals surface area contributed by atoms with Crippen molar-refractivity contribution in [1.82, 2.24) is 9.55 Å². The molecule has 158 valence electrons. The summed E-state index contributed by atoms with van der Waals surface area (Å²) in [7, 11) is 0. The molecule has 2 heterocycles. The van der Waals surface area contributed by atoms with Crippen LogP contribution in [0.1, 0.15) is 30.0 Å². The number of aromatic amines is 1. The Bertz CT molecular complexity index is 1080. The van der Waals surface area contributed by atoms with Gasteiger partial charge in [-0.2, -0.15) is 8.78 Å². The zero-order valence-corrected chi connectivity index (χ0v) is 16.2. The zero-order chi connectivity index (χ0) is 21.0. The number of ether oxygens (including phenoxy) is 1. The number of rotatable bonds is 5. The van der Waals surface area contributed by atoms with Gasteiger partial charge in [0.25, 0.3) is 5.56 Å². The molecular weight excluding hydrogens is 389 g/mol. The summed E-state index contributed by atoms with van der Waals surface area (Å²) in [5, 5.41) is 0.144. The minimum Gasteiger partial charge on any atom is -0.366 e. The van der Waals surface area contributed by atoms with Crippen LogP contribution in [-0.4, -0.2) is 41.9 Å². The Hall–Kier alpha value is -2.33. The number of aromatic nitrogens is 2. The fourth-order valence-electron chi connectivity index (χ4n) is 4.42. The van der Waals surface area contributed by atoms with Gasteiger partial charge in [0.1, 0.15) is 0 Å². The molecule has 2 fully saturated rings. The highest BCUT2D eigenvalue weighted by Gasteiger charge is 2.38. The third-order valence-electron chi connectivity index (χ3n) is 5.96. The van der Waals surface area contributed by atoms with E-state index >= 15 is 4.39 Å². The van der Waals surface area contributed by atoms with Gasteiger partial charge in [-0.3, -0.25) is 14.3 Å². The number of nitrogens with zero attached hydrogens (tertiary/aromatic N) is 2. The molecule has 0 bridgehead atoms. The number of aryl methyl sites for hydroxylation is 2. The van der Waals surface area contributed by atoms with Crippen LogP contribution < -0.4 is 21.9 Å².